The Bertz CT molecular complexity index is 603. The molecule has 2 unspecified atom stereocenters. The molecule has 2 bridgehead atoms. The largest absolute Gasteiger partial charge is 0.314 e. The molecule has 2 aliphatic heterocycles. The minimum Gasteiger partial charge on any atom is -0.314 e. The molecule has 0 radical (unpaired) electrons. The third-order valence-corrected chi connectivity index (χ3v) is 6.25. The minimum absolute atomic E-state index is 0.408. The van der Waals surface area contributed by atoms with Gasteiger partial charge in [-0.2, -0.15) is 0 Å². The second-order valence-corrected chi connectivity index (χ2v) is 8.74. The number of piperazine rings is 1. The fourth-order valence-electron chi connectivity index (χ4n) is 4.51. The van der Waals surface area contributed by atoms with Gasteiger partial charge in [-0.3, -0.25) is 4.90 Å². The van der Waals surface area contributed by atoms with Crippen molar-refractivity contribution in [2.45, 2.75) is 51.6 Å². The molecule has 124 valence electrons. The van der Waals surface area contributed by atoms with Crippen LogP contribution in [0.2, 0.25) is 5.02 Å². The number of benzene rings is 1. The summed E-state index contributed by atoms with van der Waals surface area (Å²) in [7, 11) is 0. The van der Waals surface area contributed by atoms with Crippen LogP contribution in [0.15, 0.2) is 29.8 Å². The second kappa shape index (κ2) is 5.91. The molecule has 3 aliphatic rings. The zero-order chi connectivity index (χ0) is 16.0. The summed E-state index contributed by atoms with van der Waals surface area (Å²) >= 11 is 6.09. The van der Waals surface area contributed by atoms with Gasteiger partial charge in [0.1, 0.15) is 0 Å². The summed E-state index contributed by atoms with van der Waals surface area (Å²) < 4.78 is 0. The number of halogens is 1. The molecule has 0 spiro atoms. The van der Waals surface area contributed by atoms with Gasteiger partial charge in [0.2, 0.25) is 0 Å². The molecule has 2 atom stereocenters. The van der Waals surface area contributed by atoms with Crippen LogP contribution in [-0.2, 0) is 0 Å². The number of hydrogen-bond donors (Lipinski definition) is 1. The van der Waals surface area contributed by atoms with Crippen molar-refractivity contribution < 1.29 is 0 Å². The van der Waals surface area contributed by atoms with Crippen LogP contribution in [0, 0.1) is 5.41 Å². The van der Waals surface area contributed by atoms with Crippen LogP contribution in [0.4, 0.5) is 0 Å². The lowest BCUT2D eigenvalue weighted by Crippen LogP contribution is -2.68. The molecule has 0 saturated carbocycles. The van der Waals surface area contributed by atoms with E-state index in [1.54, 1.807) is 11.1 Å². The topological polar surface area (TPSA) is 15.3 Å². The summed E-state index contributed by atoms with van der Waals surface area (Å²) in [5.74, 6) is 0. The smallest absolute Gasteiger partial charge is 0.0406 e. The lowest BCUT2D eigenvalue weighted by molar-refractivity contribution is -0.00561. The van der Waals surface area contributed by atoms with Crippen LogP contribution in [0.25, 0.3) is 5.57 Å². The minimum atomic E-state index is 0.408. The van der Waals surface area contributed by atoms with Gasteiger partial charge in [-0.1, -0.05) is 43.2 Å². The molecule has 2 fully saturated rings. The van der Waals surface area contributed by atoms with E-state index in [1.807, 2.05) is 12.1 Å². The zero-order valence-corrected chi connectivity index (χ0v) is 15.0. The normalized spacial score (nSPS) is 30.2. The average Bonchev–Trinajstić information content (AvgIpc) is 2.54. The third kappa shape index (κ3) is 3.09. The molecule has 2 nitrogen and oxygen atoms in total. The Balaban J connectivity index is 1.63. The van der Waals surface area contributed by atoms with E-state index in [4.69, 9.17) is 11.6 Å². The predicted octanol–water partition coefficient (Wildman–Crippen LogP) is 4.35. The van der Waals surface area contributed by atoms with E-state index >= 15 is 0 Å². The maximum Gasteiger partial charge on any atom is 0.0406 e. The molecular weight excluding hydrogens is 304 g/mol. The van der Waals surface area contributed by atoms with Crippen molar-refractivity contribution in [2.24, 2.45) is 5.41 Å². The summed E-state index contributed by atoms with van der Waals surface area (Å²) in [4.78, 5) is 2.74. The van der Waals surface area contributed by atoms with Crippen LogP contribution in [-0.4, -0.2) is 36.6 Å². The summed E-state index contributed by atoms with van der Waals surface area (Å²) in [6.07, 6.45) is 5.13. The Morgan fingerprint density at radius 3 is 2.52 bits per heavy atom. The summed E-state index contributed by atoms with van der Waals surface area (Å²) in [5, 5.41) is 4.37. The first-order valence-electron chi connectivity index (χ1n) is 8.95. The van der Waals surface area contributed by atoms with Gasteiger partial charge in [0.25, 0.3) is 0 Å². The lowest BCUT2D eigenvalue weighted by Gasteiger charge is -2.54. The molecule has 0 amide bonds. The maximum absolute atomic E-state index is 6.09. The van der Waals surface area contributed by atoms with Crippen LogP contribution in [0.1, 0.15) is 45.1 Å². The van der Waals surface area contributed by atoms with Crippen molar-refractivity contribution in [2.75, 3.05) is 19.6 Å². The fraction of sp³-hybridized carbons (Fsp3) is 0.600. The van der Waals surface area contributed by atoms with Gasteiger partial charge in [-0.15, -0.1) is 0 Å². The van der Waals surface area contributed by atoms with Gasteiger partial charge in [-0.05, 0) is 54.4 Å². The number of nitrogens with zero attached hydrogens (tertiary/aromatic N) is 1. The molecule has 1 N–H and O–H groups in total. The number of hydrogen-bond acceptors (Lipinski definition) is 2. The highest BCUT2D eigenvalue weighted by Crippen LogP contribution is 2.44. The SMILES string of the molecule is CC1(C)CCC(CN2C3CNCC2C3)=C(c2ccc(Cl)cc2)C1. The van der Waals surface area contributed by atoms with Gasteiger partial charge in [0.05, 0.1) is 0 Å². The second-order valence-electron chi connectivity index (χ2n) is 8.30. The van der Waals surface area contributed by atoms with Gasteiger partial charge >= 0.3 is 0 Å². The zero-order valence-electron chi connectivity index (χ0n) is 14.2. The van der Waals surface area contributed by atoms with E-state index in [0.717, 1.165) is 17.1 Å². The number of nitrogens with one attached hydrogen (secondary N) is 1. The van der Waals surface area contributed by atoms with E-state index in [2.05, 4.69) is 36.2 Å². The number of rotatable bonds is 3. The first-order chi connectivity index (χ1) is 11.0. The number of piperidine rings is 1. The molecule has 1 aromatic rings. The maximum atomic E-state index is 6.09. The molecule has 1 aromatic carbocycles. The molecule has 1 aliphatic carbocycles. The van der Waals surface area contributed by atoms with Gasteiger partial charge in [0, 0.05) is 36.7 Å². The van der Waals surface area contributed by atoms with Crippen LogP contribution >= 0.6 is 11.6 Å². The predicted molar refractivity (Wildman–Crippen MR) is 97.8 cm³/mol. The van der Waals surface area contributed by atoms with Crippen molar-refractivity contribution >= 4 is 17.2 Å². The Morgan fingerprint density at radius 1 is 1.17 bits per heavy atom. The lowest BCUT2D eigenvalue weighted by atomic mass is 9.72. The molecule has 23 heavy (non-hydrogen) atoms. The molecule has 4 rings (SSSR count). The summed E-state index contributed by atoms with van der Waals surface area (Å²) in [6.45, 7) is 8.33. The highest BCUT2D eigenvalue weighted by molar-refractivity contribution is 6.30. The Kier molecular flexibility index (Phi) is 4.03. The highest BCUT2D eigenvalue weighted by atomic mass is 35.5. The summed E-state index contributed by atoms with van der Waals surface area (Å²) in [5.41, 5.74) is 5.03. The quantitative estimate of drug-likeness (QED) is 0.886. The monoisotopic (exact) mass is 330 g/mol. The van der Waals surface area contributed by atoms with E-state index in [9.17, 15) is 0 Å². The standard InChI is InChI=1S/C20H27ClN2/c1-20(2)8-7-15(13-23-17-9-18(23)12-22-11-17)19(10-20)14-3-5-16(21)6-4-14/h3-6,17-18,22H,7-13H2,1-2H3. The summed E-state index contributed by atoms with van der Waals surface area (Å²) in [6, 6.07) is 10.0. The van der Waals surface area contributed by atoms with Gasteiger partial charge < -0.3 is 5.32 Å². The molecule has 2 saturated heterocycles. The van der Waals surface area contributed by atoms with E-state index in [0.29, 0.717) is 5.41 Å². The molecule has 0 aromatic heterocycles. The Labute approximate surface area is 144 Å². The fourth-order valence-corrected chi connectivity index (χ4v) is 4.63. The first-order valence-corrected chi connectivity index (χ1v) is 9.33. The first kappa shape index (κ1) is 15.7. The van der Waals surface area contributed by atoms with Crippen molar-refractivity contribution in [1.29, 1.82) is 0 Å². The molecular formula is C20H27ClN2. The van der Waals surface area contributed by atoms with Crippen LogP contribution < -0.4 is 5.32 Å². The molecule has 3 heteroatoms. The average molecular weight is 331 g/mol. The van der Waals surface area contributed by atoms with Crippen molar-refractivity contribution in [3.8, 4) is 0 Å². The van der Waals surface area contributed by atoms with E-state index in [1.165, 1.54) is 50.9 Å². The Hall–Kier alpha value is -0.830. The van der Waals surface area contributed by atoms with Crippen molar-refractivity contribution in [3.05, 3.63) is 40.4 Å². The van der Waals surface area contributed by atoms with E-state index < -0.39 is 0 Å². The van der Waals surface area contributed by atoms with Crippen LogP contribution in [0.3, 0.4) is 0 Å². The van der Waals surface area contributed by atoms with Crippen LogP contribution in [0.5, 0.6) is 0 Å². The van der Waals surface area contributed by atoms with Crippen molar-refractivity contribution in [3.63, 3.8) is 0 Å². The number of fused-ring (bicyclic) bond motifs is 2. The number of allylic oxidation sites excluding steroid dienone is 1. The Morgan fingerprint density at radius 2 is 1.87 bits per heavy atom. The highest BCUT2D eigenvalue weighted by Gasteiger charge is 2.42. The van der Waals surface area contributed by atoms with Gasteiger partial charge in [0.15, 0.2) is 0 Å². The van der Waals surface area contributed by atoms with Crippen molar-refractivity contribution in [1.82, 2.24) is 10.2 Å². The molecule has 2 heterocycles. The van der Waals surface area contributed by atoms with E-state index in [-0.39, 0.29) is 0 Å². The third-order valence-electron chi connectivity index (χ3n) is 5.99. The van der Waals surface area contributed by atoms with Gasteiger partial charge in [-0.25, -0.2) is 0 Å².